The van der Waals surface area contributed by atoms with Crippen LogP contribution in [-0.4, -0.2) is 15.7 Å². The van der Waals surface area contributed by atoms with Crippen LogP contribution in [0.4, 0.5) is 13.2 Å². The minimum absolute atomic E-state index is 0.296. The van der Waals surface area contributed by atoms with Crippen molar-refractivity contribution < 1.29 is 13.2 Å². The summed E-state index contributed by atoms with van der Waals surface area (Å²) >= 11 is 0. The Bertz CT molecular complexity index is 338. The predicted octanol–water partition coefficient (Wildman–Crippen LogP) is 1.46. The highest BCUT2D eigenvalue weighted by Crippen LogP contribution is 2.36. The number of hydrogen-bond acceptors (Lipinski definition) is 2. The molecule has 1 aliphatic carbocycles. The number of nitrogens with zero attached hydrogens (tertiary/aromatic N) is 1. The van der Waals surface area contributed by atoms with E-state index in [9.17, 15) is 13.2 Å². The van der Waals surface area contributed by atoms with Crippen LogP contribution >= 0.6 is 0 Å². The van der Waals surface area contributed by atoms with E-state index in [1.807, 2.05) is 0 Å². The summed E-state index contributed by atoms with van der Waals surface area (Å²) in [5.74, 6) is 0. The second-order valence-corrected chi connectivity index (χ2v) is 3.82. The molecule has 0 saturated heterocycles. The highest BCUT2D eigenvalue weighted by Gasteiger charge is 2.40. The molecule has 0 amide bonds. The molecular formula is C8H10F3N3. The van der Waals surface area contributed by atoms with Crippen molar-refractivity contribution in [3.8, 4) is 0 Å². The van der Waals surface area contributed by atoms with E-state index < -0.39 is 11.9 Å². The molecule has 0 unspecified atom stereocenters. The molecule has 1 saturated carbocycles. The summed E-state index contributed by atoms with van der Waals surface area (Å²) in [6.45, 7) is 0. The van der Waals surface area contributed by atoms with Crippen LogP contribution in [0.25, 0.3) is 0 Å². The lowest BCUT2D eigenvalue weighted by atomic mass is 10.1. The van der Waals surface area contributed by atoms with Gasteiger partial charge < -0.3 is 5.73 Å². The summed E-state index contributed by atoms with van der Waals surface area (Å²) in [6, 6.07) is 1.02. The Labute approximate surface area is 78.5 Å². The topological polar surface area (TPSA) is 54.7 Å². The second kappa shape index (κ2) is 2.73. The Morgan fingerprint density at radius 1 is 1.50 bits per heavy atom. The Hall–Kier alpha value is -1.04. The zero-order valence-electron chi connectivity index (χ0n) is 7.36. The van der Waals surface area contributed by atoms with Gasteiger partial charge in [0.15, 0.2) is 5.69 Å². The molecule has 1 heterocycles. The Morgan fingerprint density at radius 3 is 2.57 bits per heavy atom. The molecule has 0 atom stereocenters. The van der Waals surface area contributed by atoms with Crippen LogP contribution in [-0.2, 0) is 12.6 Å². The van der Waals surface area contributed by atoms with Gasteiger partial charge in [-0.25, -0.2) is 0 Å². The molecule has 1 aromatic heterocycles. The highest BCUT2D eigenvalue weighted by atomic mass is 19.4. The fraction of sp³-hybridized carbons (Fsp3) is 0.625. The molecule has 0 radical (unpaired) electrons. The lowest BCUT2D eigenvalue weighted by molar-refractivity contribution is -0.141. The monoisotopic (exact) mass is 205 g/mol. The number of hydrogen-bond donors (Lipinski definition) is 2. The van der Waals surface area contributed by atoms with Crippen LogP contribution in [0.2, 0.25) is 0 Å². The van der Waals surface area contributed by atoms with Gasteiger partial charge in [0, 0.05) is 17.7 Å². The number of halogens is 3. The van der Waals surface area contributed by atoms with Crippen LogP contribution in [0, 0.1) is 0 Å². The van der Waals surface area contributed by atoms with Gasteiger partial charge in [-0.05, 0) is 18.9 Å². The van der Waals surface area contributed by atoms with E-state index in [2.05, 4.69) is 10.2 Å². The second-order valence-electron chi connectivity index (χ2n) is 3.82. The molecule has 0 aliphatic heterocycles. The maximum atomic E-state index is 12.1. The van der Waals surface area contributed by atoms with Gasteiger partial charge in [-0.15, -0.1) is 0 Å². The quantitative estimate of drug-likeness (QED) is 0.768. The van der Waals surface area contributed by atoms with Crippen LogP contribution < -0.4 is 5.73 Å². The van der Waals surface area contributed by atoms with E-state index in [0.717, 1.165) is 18.9 Å². The predicted molar refractivity (Wildman–Crippen MR) is 43.4 cm³/mol. The van der Waals surface area contributed by atoms with Gasteiger partial charge in [0.25, 0.3) is 0 Å². The molecule has 6 heteroatoms. The molecule has 78 valence electrons. The van der Waals surface area contributed by atoms with E-state index in [1.54, 1.807) is 0 Å². The minimum atomic E-state index is -4.37. The molecule has 1 fully saturated rings. The van der Waals surface area contributed by atoms with Crippen molar-refractivity contribution in [1.29, 1.82) is 0 Å². The SMILES string of the molecule is NC1(Cc2cc(C(F)(F)F)n[nH]2)CC1. The number of nitrogens with two attached hydrogens (primary N) is 1. The lowest BCUT2D eigenvalue weighted by Crippen LogP contribution is -2.24. The van der Waals surface area contributed by atoms with Crippen LogP contribution in [0.5, 0.6) is 0 Å². The number of alkyl halides is 3. The van der Waals surface area contributed by atoms with E-state index in [1.165, 1.54) is 0 Å². The third kappa shape index (κ3) is 1.89. The molecule has 0 spiro atoms. The van der Waals surface area contributed by atoms with Crippen molar-refractivity contribution >= 4 is 0 Å². The molecule has 1 aromatic rings. The fourth-order valence-corrected chi connectivity index (χ4v) is 1.31. The number of rotatable bonds is 2. The third-order valence-electron chi connectivity index (χ3n) is 2.36. The molecular weight excluding hydrogens is 195 g/mol. The summed E-state index contributed by atoms with van der Waals surface area (Å²) < 4.78 is 36.4. The molecule has 2 rings (SSSR count). The average molecular weight is 205 g/mol. The Kier molecular flexibility index (Phi) is 1.85. The van der Waals surface area contributed by atoms with E-state index in [4.69, 9.17) is 5.73 Å². The van der Waals surface area contributed by atoms with Crippen molar-refractivity contribution in [2.45, 2.75) is 31.0 Å². The summed E-state index contributed by atoms with van der Waals surface area (Å²) in [7, 11) is 0. The third-order valence-corrected chi connectivity index (χ3v) is 2.36. The molecule has 3 N–H and O–H groups in total. The minimum Gasteiger partial charge on any atom is -0.325 e. The van der Waals surface area contributed by atoms with Gasteiger partial charge in [-0.3, -0.25) is 5.10 Å². The average Bonchev–Trinajstić information content (AvgIpc) is 2.61. The largest absolute Gasteiger partial charge is 0.435 e. The zero-order valence-corrected chi connectivity index (χ0v) is 7.36. The first kappa shape index (κ1) is 9.51. The summed E-state index contributed by atoms with van der Waals surface area (Å²) in [5.41, 5.74) is 5.05. The fourth-order valence-electron chi connectivity index (χ4n) is 1.31. The maximum absolute atomic E-state index is 12.1. The molecule has 1 aliphatic rings. The van der Waals surface area contributed by atoms with Gasteiger partial charge >= 0.3 is 6.18 Å². The number of H-pyrrole nitrogens is 1. The molecule has 14 heavy (non-hydrogen) atoms. The van der Waals surface area contributed by atoms with Crippen LogP contribution in [0.3, 0.4) is 0 Å². The zero-order chi connectivity index (χ0) is 10.4. The van der Waals surface area contributed by atoms with Crippen LogP contribution in [0.1, 0.15) is 24.2 Å². The summed E-state index contributed by atoms with van der Waals surface area (Å²) in [6.07, 6.45) is -2.20. The van der Waals surface area contributed by atoms with Crippen LogP contribution in [0.15, 0.2) is 6.07 Å². The number of nitrogens with one attached hydrogen (secondary N) is 1. The first-order chi connectivity index (χ1) is 6.39. The maximum Gasteiger partial charge on any atom is 0.435 e. The molecule has 3 nitrogen and oxygen atoms in total. The molecule has 0 aromatic carbocycles. The highest BCUT2D eigenvalue weighted by molar-refractivity contribution is 5.17. The Balaban J connectivity index is 2.10. The van der Waals surface area contributed by atoms with Gasteiger partial charge in [0.2, 0.25) is 0 Å². The smallest absolute Gasteiger partial charge is 0.325 e. The molecule has 0 bridgehead atoms. The van der Waals surface area contributed by atoms with E-state index >= 15 is 0 Å². The summed E-state index contributed by atoms with van der Waals surface area (Å²) in [4.78, 5) is 0. The lowest BCUT2D eigenvalue weighted by Gasteiger charge is -2.04. The van der Waals surface area contributed by atoms with E-state index in [-0.39, 0.29) is 5.54 Å². The number of aromatic amines is 1. The van der Waals surface area contributed by atoms with Crippen molar-refractivity contribution in [1.82, 2.24) is 10.2 Å². The summed E-state index contributed by atoms with van der Waals surface area (Å²) in [5, 5.41) is 5.55. The van der Waals surface area contributed by atoms with Crippen molar-refractivity contribution in [2.75, 3.05) is 0 Å². The van der Waals surface area contributed by atoms with Crippen molar-refractivity contribution in [2.24, 2.45) is 5.73 Å². The Morgan fingerprint density at radius 2 is 2.14 bits per heavy atom. The van der Waals surface area contributed by atoms with E-state index in [0.29, 0.717) is 12.1 Å². The van der Waals surface area contributed by atoms with Crippen molar-refractivity contribution in [3.05, 3.63) is 17.5 Å². The number of aromatic nitrogens is 2. The normalized spacial score (nSPS) is 19.7. The van der Waals surface area contributed by atoms with Crippen molar-refractivity contribution in [3.63, 3.8) is 0 Å². The van der Waals surface area contributed by atoms with Gasteiger partial charge in [0.1, 0.15) is 0 Å². The van der Waals surface area contributed by atoms with Gasteiger partial charge in [0.05, 0.1) is 0 Å². The first-order valence-electron chi connectivity index (χ1n) is 4.29. The standard InChI is InChI=1S/C8H10F3N3/c9-8(10,11)6-3-5(13-14-6)4-7(12)1-2-7/h3H,1-2,4,12H2,(H,13,14). The first-order valence-corrected chi connectivity index (χ1v) is 4.29. The van der Waals surface area contributed by atoms with Gasteiger partial charge in [-0.2, -0.15) is 18.3 Å². The van der Waals surface area contributed by atoms with Gasteiger partial charge in [-0.1, -0.05) is 0 Å².